The first-order valence-electron chi connectivity index (χ1n) is 3.16. The van der Waals surface area contributed by atoms with Gasteiger partial charge in [-0.15, -0.1) is 12.4 Å². The normalized spacial score (nSPS) is 25.7. The van der Waals surface area contributed by atoms with Crippen molar-refractivity contribution in [3.63, 3.8) is 0 Å². The van der Waals surface area contributed by atoms with Crippen molar-refractivity contribution in [3.8, 4) is 0 Å². The van der Waals surface area contributed by atoms with Crippen LogP contribution < -0.4 is 5.32 Å². The van der Waals surface area contributed by atoms with E-state index >= 15 is 0 Å². The van der Waals surface area contributed by atoms with Crippen LogP contribution >= 0.6 is 24.2 Å². The van der Waals surface area contributed by atoms with Crippen LogP contribution in [0.1, 0.15) is 12.8 Å². The van der Waals surface area contributed by atoms with Crippen molar-refractivity contribution >= 4 is 24.2 Å². The molecule has 1 heterocycles. The molecule has 0 saturated carbocycles. The molecule has 0 aromatic carbocycles. The van der Waals surface area contributed by atoms with Crippen LogP contribution in [0.3, 0.4) is 0 Å². The molecule has 0 radical (unpaired) electrons. The number of thioether (sulfide) groups is 1. The van der Waals surface area contributed by atoms with E-state index in [-0.39, 0.29) is 12.4 Å². The predicted octanol–water partition coefficient (Wildman–Crippen LogP) is 1.52. The Kier molecular flexibility index (Phi) is 5.75. The summed E-state index contributed by atoms with van der Waals surface area (Å²) in [6, 6.07) is 0.824. The highest BCUT2D eigenvalue weighted by Gasteiger charge is 2.11. The molecule has 0 unspecified atom stereocenters. The molecule has 1 aliphatic rings. The van der Waals surface area contributed by atoms with E-state index in [1.54, 1.807) is 0 Å². The quantitative estimate of drug-likeness (QED) is 0.670. The molecular weight excluding hydrogens is 154 g/mol. The summed E-state index contributed by atoms with van der Waals surface area (Å²) in [5.41, 5.74) is 0. The second kappa shape index (κ2) is 5.39. The van der Waals surface area contributed by atoms with Gasteiger partial charge in [-0.3, -0.25) is 0 Å². The Morgan fingerprint density at radius 1 is 1.67 bits per heavy atom. The maximum atomic E-state index is 3.44. The summed E-state index contributed by atoms with van der Waals surface area (Å²) >= 11 is 1.94. The number of nitrogens with one attached hydrogen (secondary N) is 1. The fourth-order valence-electron chi connectivity index (χ4n) is 1.10. The number of rotatable bonds is 2. The average molecular weight is 168 g/mol. The fourth-order valence-corrected chi connectivity index (χ4v) is 1.79. The van der Waals surface area contributed by atoms with E-state index in [9.17, 15) is 0 Å². The van der Waals surface area contributed by atoms with Crippen LogP contribution in [0.5, 0.6) is 0 Å². The average Bonchev–Trinajstić information content (AvgIpc) is 2.19. The van der Waals surface area contributed by atoms with Gasteiger partial charge in [-0.1, -0.05) is 0 Å². The number of halogens is 1. The van der Waals surface area contributed by atoms with Crippen molar-refractivity contribution in [1.82, 2.24) is 5.32 Å². The first-order chi connectivity index (χ1) is 3.93. The number of hydrogen-bond donors (Lipinski definition) is 1. The lowest BCUT2D eigenvalue weighted by Crippen LogP contribution is -2.23. The molecule has 3 heteroatoms. The summed E-state index contributed by atoms with van der Waals surface area (Å²) in [5.74, 6) is 1.29. The van der Waals surface area contributed by atoms with Crippen LogP contribution in [-0.2, 0) is 0 Å². The Bertz CT molecular complexity index is 64.1. The summed E-state index contributed by atoms with van der Waals surface area (Å²) in [5, 5.41) is 3.44. The molecule has 0 aliphatic carbocycles. The van der Waals surface area contributed by atoms with Gasteiger partial charge in [0.25, 0.3) is 0 Å². The Hall–Kier alpha value is 0.600. The SMILES string of the molecule is CSC[C@@H]1CCCN1.Cl. The van der Waals surface area contributed by atoms with E-state index in [1.165, 1.54) is 25.1 Å². The summed E-state index contributed by atoms with van der Waals surface area (Å²) in [4.78, 5) is 0. The molecule has 0 spiro atoms. The minimum atomic E-state index is 0. The van der Waals surface area contributed by atoms with Crippen molar-refractivity contribution in [2.45, 2.75) is 18.9 Å². The van der Waals surface area contributed by atoms with Crippen molar-refractivity contribution in [2.75, 3.05) is 18.6 Å². The van der Waals surface area contributed by atoms with E-state index in [1.807, 2.05) is 11.8 Å². The lowest BCUT2D eigenvalue weighted by Gasteiger charge is -2.05. The van der Waals surface area contributed by atoms with Gasteiger partial charge in [0.2, 0.25) is 0 Å². The second-order valence-corrected chi connectivity index (χ2v) is 3.16. The Labute approximate surface area is 67.4 Å². The molecule has 0 amide bonds. The fraction of sp³-hybridized carbons (Fsp3) is 1.00. The monoisotopic (exact) mass is 167 g/mol. The molecule has 0 aromatic heterocycles. The zero-order valence-corrected chi connectivity index (χ0v) is 7.36. The van der Waals surface area contributed by atoms with Crippen molar-refractivity contribution < 1.29 is 0 Å². The summed E-state index contributed by atoms with van der Waals surface area (Å²) < 4.78 is 0. The third kappa shape index (κ3) is 3.33. The number of hydrogen-bond acceptors (Lipinski definition) is 2. The maximum Gasteiger partial charge on any atom is 0.0158 e. The smallest absolute Gasteiger partial charge is 0.0158 e. The zero-order valence-electron chi connectivity index (χ0n) is 5.72. The first-order valence-corrected chi connectivity index (χ1v) is 4.55. The van der Waals surface area contributed by atoms with Gasteiger partial charge in [0.15, 0.2) is 0 Å². The van der Waals surface area contributed by atoms with E-state index in [4.69, 9.17) is 0 Å². The van der Waals surface area contributed by atoms with Crippen LogP contribution in [-0.4, -0.2) is 24.6 Å². The lowest BCUT2D eigenvalue weighted by molar-refractivity contribution is 0.674. The van der Waals surface area contributed by atoms with E-state index in [2.05, 4.69) is 11.6 Å². The molecule has 1 aliphatic heterocycles. The van der Waals surface area contributed by atoms with Crippen LogP contribution in [0.2, 0.25) is 0 Å². The van der Waals surface area contributed by atoms with Crippen LogP contribution in [0.4, 0.5) is 0 Å². The van der Waals surface area contributed by atoms with Crippen LogP contribution in [0, 0.1) is 0 Å². The molecule has 0 aromatic rings. The molecule has 1 fully saturated rings. The standard InChI is InChI=1S/C6H13NS.ClH/c1-8-5-6-3-2-4-7-6;/h6-7H,2-5H2,1H3;1H/t6-;/m0./s1. The van der Waals surface area contributed by atoms with Crippen molar-refractivity contribution in [1.29, 1.82) is 0 Å². The van der Waals surface area contributed by atoms with Crippen LogP contribution in [0.15, 0.2) is 0 Å². The molecule has 0 bridgehead atoms. The third-order valence-corrected chi connectivity index (χ3v) is 2.27. The van der Waals surface area contributed by atoms with Crippen molar-refractivity contribution in [3.05, 3.63) is 0 Å². The predicted molar refractivity (Wildman–Crippen MR) is 46.7 cm³/mol. The molecule has 56 valence electrons. The van der Waals surface area contributed by atoms with Gasteiger partial charge in [0.05, 0.1) is 0 Å². The van der Waals surface area contributed by atoms with E-state index < -0.39 is 0 Å². The molecule has 1 saturated heterocycles. The largest absolute Gasteiger partial charge is 0.313 e. The zero-order chi connectivity index (χ0) is 5.82. The van der Waals surface area contributed by atoms with Gasteiger partial charge < -0.3 is 5.32 Å². The van der Waals surface area contributed by atoms with E-state index in [0.29, 0.717) is 0 Å². The maximum absolute atomic E-state index is 3.44. The molecule has 1 N–H and O–H groups in total. The first kappa shape index (κ1) is 9.60. The van der Waals surface area contributed by atoms with Crippen LogP contribution in [0.25, 0.3) is 0 Å². The highest BCUT2D eigenvalue weighted by molar-refractivity contribution is 7.98. The van der Waals surface area contributed by atoms with Gasteiger partial charge in [-0.25, -0.2) is 0 Å². The summed E-state index contributed by atoms with van der Waals surface area (Å²) in [6.07, 6.45) is 4.94. The third-order valence-electron chi connectivity index (χ3n) is 1.53. The highest BCUT2D eigenvalue weighted by atomic mass is 35.5. The second-order valence-electron chi connectivity index (χ2n) is 2.25. The topological polar surface area (TPSA) is 12.0 Å². The van der Waals surface area contributed by atoms with Gasteiger partial charge in [0.1, 0.15) is 0 Å². The minimum Gasteiger partial charge on any atom is -0.313 e. The Morgan fingerprint density at radius 3 is 2.89 bits per heavy atom. The molecule has 9 heavy (non-hydrogen) atoms. The molecule has 1 rings (SSSR count). The van der Waals surface area contributed by atoms with Gasteiger partial charge in [0, 0.05) is 11.8 Å². The highest BCUT2D eigenvalue weighted by Crippen LogP contribution is 2.08. The Balaban J connectivity index is 0.000000640. The Morgan fingerprint density at radius 2 is 2.44 bits per heavy atom. The minimum absolute atomic E-state index is 0. The summed E-state index contributed by atoms with van der Waals surface area (Å²) in [6.45, 7) is 1.24. The summed E-state index contributed by atoms with van der Waals surface area (Å²) in [7, 11) is 0. The molecule has 1 nitrogen and oxygen atoms in total. The lowest BCUT2D eigenvalue weighted by atomic mass is 10.3. The van der Waals surface area contributed by atoms with Gasteiger partial charge >= 0.3 is 0 Å². The van der Waals surface area contributed by atoms with Gasteiger partial charge in [-0.05, 0) is 25.6 Å². The van der Waals surface area contributed by atoms with Gasteiger partial charge in [-0.2, -0.15) is 11.8 Å². The van der Waals surface area contributed by atoms with E-state index in [0.717, 1.165) is 6.04 Å². The molecular formula is C6H14ClNS. The van der Waals surface area contributed by atoms with Crippen molar-refractivity contribution in [2.24, 2.45) is 0 Å². The molecule has 1 atom stereocenters.